The van der Waals surface area contributed by atoms with Gasteiger partial charge in [0.2, 0.25) is 0 Å². The van der Waals surface area contributed by atoms with Crippen molar-refractivity contribution in [2.45, 2.75) is 70.5 Å². The molecule has 6 heteroatoms. The first-order valence-electron chi connectivity index (χ1n) is 9.14. The second-order valence-electron chi connectivity index (χ2n) is 5.93. The lowest BCUT2D eigenvalue weighted by Crippen LogP contribution is -2.42. The van der Waals surface area contributed by atoms with Gasteiger partial charge in [0.25, 0.3) is 0 Å². The van der Waals surface area contributed by atoms with Crippen LogP contribution in [0, 0.1) is 0 Å². The predicted octanol–water partition coefficient (Wildman–Crippen LogP) is 5.50. The Balaban J connectivity index is 3.79. The molecule has 148 valence electrons. The van der Waals surface area contributed by atoms with Crippen LogP contribution in [0.5, 0.6) is 0 Å². The minimum Gasteiger partial charge on any atom is -0.477 e. The third kappa shape index (κ3) is 11.8. The van der Waals surface area contributed by atoms with Crippen molar-refractivity contribution >= 4 is 5.97 Å². The van der Waals surface area contributed by atoms with Crippen LogP contribution in [0.3, 0.4) is 0 Å². The summed E-state index contributed by atoms with van der Waals surface area (Å²) in [5, 5.41) is 26.0. The Bertz CT molecular complexity index is 461. The van der Waals surface area contributed by atoms with Gasteiger partial charge >= 0.3 is 11.8 Å². The van der Waals surface area contributed by atoms with Gasteiger partial charge in [-0.1, -0.05) is 68.4 Å². The molecule has 0 aromatic carbocycles. The molecule has 0 aliphatic heterocycles. The van der Waals surface area contributed by atoms with Crippen LogP contribution in [-0.4, -0.2) is 27.4 Å². The molecule has 0 atom stereocenters. The van der Waals surface area contributed by atoms with E-state index in [1.165, 1.54) is 19.3 Å². The fourth-order valence-corrected chi connectivity index (χ4v) is 2.18. The van der Waals surface area contributed by atoms with Crippen molar-refractivity contribution in [3.8, 4) is 0 Å². The number of hydrogen-bond donors (Lipinski definition) is 3. The van der Waals surface area contributed by atoms with Crippen LogP contribution < -0.4 is 0 Å². The molecule has 26 heavy (non-hydrogen) atoms. The summed E-state index contributed by atoms with van der Waals surface area (Å²) in [5.41, 5.74) is 0. The summed E-state index contributed by atoms with van der Waals surface area (Å²) in [6, 6.07) is 0. The fraction of sp³-hybridized carbons (Fsp3) is 0.550. The summed E-state index contributed by atoms with van der Waals surface area (Å²) < 4.78 is 0. The topological polar surface area (TPSA) is 96.2 Å². The van der Waals surface area contributed by atoms with Gasteiger partial charge in [-0.15, -0.1) is 0 Å². The summed E-state index contributed by atoms with van der Waals surface area (Å²) in [6.07, 6.45) is 23.8. The van der Waals surface area contributed by atoms with E-state index >= 15 is 0 Å². The van der Waals surface area contributed by atoms with Crippen molar-refractivity contribution in [3.63, 3.8) is 0 Å². The Morgan fingerprint density at radius 2 is 1.46 bits per heavy atom. The van der Waals surface area contributed by atoms with Crippen molar-refractivity contribution in [3.05, 3.63) is 48.6 Å². The van der Waals surface area contributed by atoms with E-state index in [0.717, 1.165) is 19.3 Å². The number of carboxylic acids is 1. The highest BCUT2D eigenvalue weighted by atomic mass is 17.2. The number of carboxylic acid groups (broad SMARTS) is 1. The predicted molar refractivity (Wildman–Crippen MR) is 102 cm³/mol. The van der Waals surface area contributed by atoms with Gasteiger partial charge in [-0.3, -0.25) is 0 Å². The number of carbonyl (C=O) groups is 1. The molecule has 0 spiro atoms. The molecule has 3 N–H and O–H groups in total. The number of rotatable bonds is 16. The lowest BCUT2D eigenvalue weighted by Gasteiger charge is -2.21. The third-order valence-corrected chi connectivity index (χ3v) is 3.77. The summed E-state index contributed by atoms with van der Waals surface area (Å²) in [5.74, 6) is -3.98. The van der Waals surface area contributed by atoms with Gasteiger partial charge in [-0.2, -0.15) is 9.78 Å². The summed E-state index contributed by atoms with van der Waals surface area (Å²) in [6.45, 7) is 2.20. The first kappa shape index (κ1) is 24.3. The van der Waals surface area contributed by atoms with Gasteiger partial charge in [0.1, 0.15) is 0 Å². The van der Waals surface area contributed by atoms with Crippen LogP contribution in [-0.2, 0) is 14.6 Å². The highest BCUT2D eigenvalue weighted by Crippen LogP contribution is 2.20. The second-order valence-corrected chi connectivity index (χ2v) is 5.93. The fourth-order valence-electron chi connectivity index (χ4n) is 2.18. The highest BCUT2D eigenvalue weighted by molar-refractivity contribution is 5.75. The molecule has 0 aromatic heterocycles. The summed E-state index contributed by atoms with van der Waals surface area (Å²) in [4.78, 5) is 18.4. The smallest absolute Gasteiger partial charge is 0.370 e. The van der Waals surface area contributed by atoms with E-state index in [9.17, 15) is 4.79 Å². The normalized spacial score (nSPS) is 13.0. The van der Waals surface area contributed by atoms with E-state index < -0.39 is 11.8 Å². The molecule has 0 aliphatic carbocycles. The minimum atomic E-state index is -2.40. The molecule has 0 unspecified atom stereocenters. The number of hydrogen-bond acceptors (Lipinski definition) is 5. The Labute approximate surface area is 156 Å². The lowest BCUT2D eigenvalue weighted by molar-refractivity contribution is -0.472. The maximum atomic E-state index is 10.9. The van der Waals surface area contributed by atoms with E-state index in [1.807, 2.05) is 30.4 Å². The number of allylic oxidation sites excluding steroid dienone is 8. The van der Waals surface area contributed by atoms with E-state index in [4.69, 9.17) is 15.6 Å². The molecular formula is C20H32O6. The Kier molecular flexibility index (Phi) is 15.6. The van der Waals surface area contributed by atoms with E-state index in [-0.39, 0.29) is 6.42 Å². The maximum absolute atomic E-state index is 10.9. The molecule has 0 rings (SSSR count). The molecule has 0 bridgehead atoms. The molecule has 0 saturated heterocycles. The molecule has 0 saturated carbocycles. The molecule has 6 nitrogen and oxygen atoms in total. The third-order valence-electron chi connectivity index (χ3n) is 3.77. The largest absolute Gasteiger partial charge is 0.477 e. The molecule has 0 aliphatic rings. The van der Waals surface area contributed by atoms with Crippen LogP contribution in [0.15, 0.2) is 48.6 Å². The molecule has 0 fully saturated rings. The van der Waals surface area contributed by atoms with Gasteiger partial charge in [0, 0.05) is 6.42 Å². The van der Waals surface area contributed by atoms with Gasteiger partial charge in [-0.05, 0) is 38.5 Å². The quantitative estimate of drug-likeness (QED) is 0.0831. The van der Waals surface area contributed by atoms with Crippen LogP contribution >= 0.6 is 0 Å². The molecular weight excluding hydrogens is 336 g/mol. The molecule has 0 heterocycles. The first-order chi connectivity index (χ1) is 12.6. The minimum absolute atomic E-state index is 0.159. The van der Waals surface area contributed by atoms with Crippen molar-refractivity contribution in [2.75, 3.05) is 0 Å². The number of aliphatic carboxylic acids is 1. The van der Waals surface area contributed by atoms with Gasteiger partial charge in [0.15, 0.2) is 0 Å². The summed E-state index contributed by atoms with van der Waals surface area (Å²) in [7, 11) is 0. The molecule has 0 radical (unpaired) electrons. The van der Waals surface area contributed by atoms with E-state index in [1.54, 1.807) is 0 Å². The summed E-state index contributed by atoms with van der Waals surface area (Å²) >= 11 is 0. The average molecular weight is 368 g/mol. The SMILES string of the molecule is CCCCC/C=C/C/C=C/C=C/C=C/CCCCC(OO)(OO)C(=O)O. The standard InChI is InChI=1S/C20H32O6/c1-2-3-4-5-6-7-8-9-10-11-12-13-14-15-16-17-18-20(25-23,26-24)19(21)22/h6-7,9-14,23-24H,2-5,8,15-18H2,1H3,(H,21,22)/b7-6+,10-9+,12-11+,14-13+. The van der Waals surface area contributed by atoms with Crippen molar-refractivity contribution in [1.29, 1.82) is 0 Å². The number of unbranched alkanes of at least 4 members (excludes halogenated alkanes) is 5. The second kappa shape index (κ2) is 16.7. The highest BCUT2D eigenvalue weighted by Gasteiger charge is 2.42. The zero-order chi connectivity index (χ0) is 19.5. The maximum Gasteiger partial charge on any atom is 0.370 e. The van der Waals surface area contributed by atoms with E-state index in [2.05, 4.69) is 34.9 Å². The van der Waals surface area contributed by atoms with Crippen molar-refractivity contribution in [2.24, 2.45) is 0 Å². The van der Waals surface area contributed by atoms with Gasteiger partial charge in [-0.25, -0.2) is 15.3 Å². The van der Waals surface area contributed by atoms with Crippen LogP contribution in [0.4, 0.5) is 0 Å². The van der Waals surface area contributed by atoms with Crippen molar-refractivity contribution in [1.82, 2.24) is 0 Å². The van der Waals surface area contributed by atoms with Crippen LogP contribution in [0.1, 0.15) is 64.7 Å². The monoisotopic (exact) mass is 368 g/mol. The van der Waals surface area contributed by atoms with Gasteiger partial charge < -0.3 is 5.11 Å². The Hall–Kier alpha value is -1.73. The van der Waals surface area contributed by atoms with Crippen molar-refractivity contribution < 1.29 is 30.2 Å². The zero-order valence-electron chi connectivity index (χ0n) is 15.5. The Morgan fingerprint density at radius 3 is 2.08 bits per heavy atom. The molecule has 0 amide bonds. The lowest BCUT2D eigenvalue weighted by atomic mass is 10.1. The zero-order valence-corrected chi connectivity index (χ0v) is 15.5. The van der Waals surface area contributed by atoms with Crippen LogP contribution in [0.2, 0.25) is 0 Å². The van der Waals surface area contributed by atoms with Crippen LogP contribution in [0.25, 0.3) is 0 Å². The van der Waals surface area contributed by atoms with E-state index in [0.29, 0.717) is 12.8 Å². The Morgan fingerprint density at radius 1 is 0.846 bits per heavy atom. The molecule has 0 aromatic rings. The average Bonchev–Trinajstić information content (AvgIpc) is 2.64. The first-order valence-corrected chi connectivity index (χ1v) is 9.14. The van der Waals surface area contributed by atoms with Gasteiger partial charge in [0.05, 0.1) is 0 Å².